The molecule has 8 heteroatoms. The van der Waals surface area contributed by atoms with Crippen molar-refractivity contribution in [3.05, 3.63) is 126 Å². The smallest absolute Gasteiger partial charge is 0.306 e. The summed E-state index contributed by atoms with van der Waals surface area (Å²) in [4.78, 5) is 28.9. The van der Waals surface area contributed by atoms with Crippen LogP contribution in [0.25, 0.3) is 0 Å². The molecule has 58 heavy (non-hydrogen) atoms. The molecule has 308 valence electrons. The van der Waals surface area contributed by atoms with E-state index in [1.807, 2.05) is 19.1 Å². The fourth-order valence-corrected chi connectivity index (χ4v) is 9.28. The van der Waals surface area contributed by atoms with Crippen LogP contribution in [0, 0.1) is 11.8 Å². The maximum absolute atomic E-state index is 13.3. The predicted octanol–water partition coefficient (Wildman–Crippen LogP) is 11.6. The quantitative estimate of drug-likeness (QED) is 0.120. The third kappa shape index (κ3) is 8.63. The minimum absolute atomic E-state index is 0.0104. The van der Waals surface area contributed by atoms with Gasteiger partial charge in [-0.2, -0.15) is 0 Å². The molecule has 0 amide bonds. The second-order valence-electron chi connectivity index (χ2n) is 17.0. The van der Waals surface area contributed by atoms with E-state index in [4.69, 9.17) is 19.7 Å². The van der Waals surface area contributed by atoms with E-state index in [9.17, 15) is 15.0 Å². The maximum atomic E-state index is 13.3. The van der Waals surface area contributed by atoms with Gasteiger partial charge in [0.15, 0.2) is 0 Å². The second kappa shape index (κ2) is 18.0. The molecule has 6 rings (SSSR count). The number of hydrogen-bond acceptors (Lipinski definition) is 8. The third-order valence-corrected chi connectivity index (χ3v) is 12.6. The molecule has 1 saturated heterocycles. The highest BCUT2D eigenvalue weighted by molar-refractivity contribution is 6.21. The Kier molecular flexibility index (Phi) is 13.3. The van der Waals surface area contributed by atoms with Crippen molar-refractivity contribution in [1.29, 1.82) is 0 Å². The Morgan fingerprint density at radius 3 is 2.22 bits per heavy atom. The number of aliphatic imine (C=N–C) groups is 3. The monoisotopic (exact) mass is 784 g/mol. The van der Waals surface area contributed by atoms with Gasteiger partial charge in [0.05, 0.1) is 40.3 Å². The lowest BCUT2D eigenvalue weighted by Gasteiger charge is -2.18. The highest BCUT2D eigenvalue weighted by Gasteiger charge is 2.42. The molecule has 1 fully saturated rings. The maximum Gasteiger partial charge on any atom is 0.306 e. The molecule has 0 aromatic rings. The Morgan fingerprint density at radius 2 is 1.55 bits per heavy atom. The number of allylic oxidation sites excluding steroid dienone is 16. The van der Waals surface area contributed by atoms with Crippen LogP contribution in [0.1, 0.15) is 134 Å². The average molecular weight is 785 g/mol. The van der Waals surface area contributed by atoms with Crippen LogP contribution in [0.5, 0.6) is 0 Å². The van der Waals surface area contributed by atoms with Crippen LogP contribution in [-0.2, 0) is 9.53 Å². The highest BCUT2D eigenvalue weighted by Crippen LogP contribution is 2.48. The molecule has 0 aromatic carbocycles. The van der Waals surface area contributed by atoms with Gasteiger partial charge in [0.1, 0.15) is 12.4 Å². The molecule has 8 bridgehead atoms. The molecular formula is C50H64N4O4. The minimum atomic E-state index is -0.721. The van der Waals surface area contributed by atoms with Crippen molar-refractivity contribution in [3.8, 4) is 0 Å². The molecule has 3 atom stereocenters. The van der Waals surface area contributed by atoms with Crippen molar-refractivity contribution in [2.75, 3.05) is 6.61 Å². The number of nitrogens with one attached hydrogen (secondary N) is 1. The van der Waals surface area contributed by atoms with Crippen LogP contribution < -0.4 is 5.32 Å². The van der Waals surface area contributed by atoms with E-state index in [1.54, 1.807) is 6.92 Å². The van der Waals surface area contributed by atoms with Crippen LogP contribution in [0.3, 0.4) is 0 Å². The largest absolute Gasteiger partial charge is 0.511 e. The van der Waals surface area contributed by atoms with E-state index in [-0.39, 0.29) is 30.8 Å². The molecule has 0 unspecified atom stereocenters. The Labute approximate surface area is 346 Å². The molecule has 5 aliphatic heterocycles. The molecule has 0 aromatic heterocycles. The SMILES string of the molecule is CCC1=C2C=C3N=C(C=C4N=C(C(C)=C5NC(=C6CC(O)=C1C6=N2)[C@@H](CCC(=O)OCC=C(C)CCC=C(C)CCC=C(C)C)[C@@H]5C)C(C)=C4[C@@H](C)O)C(C)=C3CC. The van der Waals surface area contributed by atoms with E-state index in [0.717, 1.165) is 122 Å². The number of fused-ring (bicyclic) bond motifs is 5. The summed E-state index contributed by atoms with van der Waals surface area (Å²) in [5.74, 6) is 0.0687. The van der Waals surface area contributed by atoms with Gasteiger partial charge in [-0.3, -0.25) is 4.79 Å². The fourth-order valence-electron chi connectivity index (χ4n) is 9.28. The zero-order valence-corrected chi connectivity index (χ0v) is 36.7. The summed E-state index contributed by atoms with van der Waals surface area (Å²) in [5, 5.41) is 26.5. The molecule has 1 aliphatic carbocycles. The number of rotatable bonds is 14. The molecule has 0 radical (unpaired) electrons. The summed E-state index contributed by atoms with van der Waals surface area (Å²) in [6.07, 6.45) is 16.8. The molecule has 3 N–H and O–H groups in total. The summed E-state index contributed by atoms with van der Waals surface area (Å²) in [7, 11) is 0. The van der Waals surface area contributed by atoms with Crippen LogP contribution >= 0.6 is 0 Å². The number of carbonyl (C=O) groups excluding carboxylic acids is 1. The van der Waals surface area contributed by atoms with Crippen LogP contribution in [-0.4, -0.2) is 46.0 Å². The van der Waals surface area contributed by atoms with Gasteiger partial charge < -0.3 is 20.3 Å². The fraction of sp³-hybridized carbons (Fsp3) is 0.480. The number of esters is 1. The molecular weight excluding hydrogens is 721 g/mol. The van der Waals surface area contributed by atoms with Gasteiger partial charge in [-0.25, -0.2) is 15.0 Å². The van der Waals surface area contributed by atoms with E-state index >= 15 is 0 Å². The number of nitrogens with zero attached hydrogens (tertiary/aromatic N) is 3. The number of ether oxygens (including phenoxy) is 1. The van der Waals surface area contributed by atoms with Gasteiger partial charge in [0.25, 0.3) is 0 Å². The minimum Gasteiger partial charge on any atom is -0.511 e. The topological polar surface area (TPSA) is 116 Å². The van der Waals surface area contributed by atoms with E-state index in [2.05, 4.69) is 85.9 Å². The molecule has 5 heterocycles. The third-order valence-electron chi connectivity index (χ3n) is 12.6. The van der Waals surface area contributed by atoms with Crippen molar-refractivity contribution >= 4 is 23.1 Å². The average Bonchev–Trinajstić information content (AvgIpc) is 3.94. The first-order valence-electron chi connectivity index (χ1n) is 21.4. The van der Waals surface area contributed by atoms with Gasteiger partial charge >= 0.3 is 5.97 Å². The first-order chi connectivity index (χ1) is 27.6. The van der Waals surface area contributed by atoms with Crippen molar-refractivity contribution in [1.82, 2.24) is 5.32 Å². The molecule has 0 spiro atoms. The van der Waals surface area contributed by atoms with Crippen LogP contribution in [0.15, 0.2) is 141 Å². The van der Waals surface area contributed by atoms with Crippen LogP contribution in [0.4, 0.5) is 0 Å². The standard InChI is InChI=1S/C50H64N4O4/c1-12-35-30(7)39-25-42-45(34(11)55)32(9)48(53-42)33(10)47-31(8)37(20-21-44(57)58-23-22-29(6)19-15-18-28(5)17-14-16-27(3)4)49(54-47)38-24-43(56)46-36(13-2)41(52-50(38)46)26-40(35)51-39/h16,18,22,25-26,31,34,37,54-56H,12-15,17,19-21,23-24H2,1-11H3/t31-,34+,37-/m0/s1. The number of hydrogen-bond donors (Lipinski definition) is 3. The zero-order valence-electron chi connectivity index (χ0n) is 36.7. The summed E-state index contributed by atoms with van der Waals surface area (Å²) in [6.45, 7) is 23.3. The highest BCUT2D eigenvalue weighted by atomic mass is 16.5. The van der Waals surface area contributed by atoms with Gasteiger partial charge in [-0.05, 0) is 146 Å². The summed E-state index contributed by atoms with van der Waals surface area (Å²) in [6, 6.07) is 0. The zero-order chi connectivity index (χ0) is 42.0. The van der Waals surface area contributed by atoms with Crippen molar-refractivity contribution in [2.45, 2.75) is 140 Å². The summed E-state index contributed by atoms with van der Waals surface area (Å²) in [5.41, 5.74) is 18.7. The van der Waals surface area contributed by atoms with E-state index in [0.29, 0.717) is 25.0 Å². The van der Waals surface area contributed by atoms with E-state index < -0.39 is 6.10 Å². The van der Waals surface area contributed by atoms with Crippen LogP contribution in [0.2, 0.25) is 0 Å². The van der Waals surface area contributed by atoms with Gasteiger partial charge in [-0.15, -0.1) is 0 Å². The lowest BCUT2D eigenvalue weighted by molar-refractivity contribution is -0.142. The first-order valence-corrected chi connectivity index (χ1v) is 21.4. The molecule has 8 nitrogen and oxygen atoms in total. The Morgan fingerprint density at radius 1 is 0.862 bits per heavy atom. The van der Waals surface area contributed by atoms with Crippen molar-refractivity contribution in [2.24, 2.45) is 26.8 Å². The van der Waals surface area contributed by atoms with Crippen molar-refractivity contribution < 1.29 is 19.7 Å². The number of aliphatic hydroxyl groups is 2. The van der Waals surface area contributed by atoms with E-state index in [1.165, 1.54) is 16.7 Å². The molecule has 0 saturated carbocycles. The Balaban J connectivity index is 1.30. The number of carbonyl (C=O) groups is 1. The van der Waals surface area contributed by atoms with Gasteiger partial charge in [-0.1, -0.05) is 49.6 Å². The summed E-state index contributed by atoms with van der Waals surface area (Å²) >= 11 is 0. The molecule has 6 aliphatic rings. The predicted molar refractivity (Wildman–Crippen MR) is 239 cm³/mol. The van der Waals surface area contributed by atoms with Gasteiger partial charge in [0.2, 0.25) is 0 Å². The normalized spacial score (nSPS) is 22.5. The lowest BCUT2D eigenvalue weighted by atomic mass is 9.85. The number of aliphatic hydroxyl groups excluding tert-OH is 2. The van der Waals surface area contributed by atoms with Crippen molar-refractivity contribution in [3.63, 3.8) is 0 Å². The second-order valence-corrected chi connectivity index (χ2v) is 17.0. The Bertz CT molecular complexity index is 2230. The first kappa shape index (κ1) is 42.8. The van der Waals surface area contributed by atoms with Gasteiger partial charge in [0, 0.05) is 52.8 Å². The lowest BCUT2D eigenvalue weighted by Crippen LogP contribution is -2.16. The Hall–Kier alpha value is -4.82. The summed E-state index contributed by atoms with van der Waals surface area (Å²) < 4.78 is 5.77.